The lowest BCUT2D eigenvalue weighted by Crippen LogP contribution is -2.34. The molecule has 2 aliphatic carbocycles. The molecule has 6 nitrogen and oxygen atoms in total. The number of phenols is 1. The van der Waals surface area contributed by atoms with E-state index in [0.717, 1.165) is 36.2 Å². The van der Waals surface area contributed by atoms with E-state index >= 15 is 0 Å². The number of allylic oxidation sites excluding steroid dienone is 4. The van der Waals surface area contributed by atoms with E-state index in [2.05, 4.69) is 29.1 Å². The number of nitrogens with zero attached hydrogens (tertiary/aromatic N) is 1. The summed E-state index contributed by atoms with van der Waals surface area (Å²) in [5.41, 5.74) is 10.8. The van der Waals surface area contributed by atoms with Crippen molar-refractivity contribution < 1.29 is 14.3 Å². The zero-order valence-electron chi connectivity index (χ0n) is 21.7. The predicted molar refractivity (Wildman–Crippen MR) is 151 cm³/mol. The molecule has 198 valence electrons. The number of hydrogen-bond acceptors (Lipinski definition) is 4. The van der Waals surface area contributed by atoms with Gasteiger partial charge in [-0.2, -0.15) is 0 Å². The molecule has 6 rings (SSSR count). The second-order valence-electron chi connectivity index (χ2n) is 10.3. The number of urea groups is 1. The Hall–Kier alpha value is -4.52. The van der Waals surface area contributed by atoms with Gasteiger partial charge in [0.15, 0.2) is 0 Å². The van der Waals surface area contributed by atoms with Gasteiger partial charge in [0.1, 0.15) is 11.6 Å². The first kappa shape index (κ1) is 24.8. The van der Waals surface area contributed by atoms with Crippen molar-refractivity contribution >= 4 is 17.4 Å². The van der Waals surface area contributed by atoms with E-state index in [1.807, 2.05) is 41.5 Å². The Kier molecular flexibility index (Phi) is 6.57. The summed E-state index contributed by atoms with van der Waals surface area (Å²) in [6.07, 6.45) is 7.07. The molecule has 0 saturated carbocycles. The van der Waals surface area contributed by atoms with Crippen molar-refractivity contribution in [2.75, 3.05) is 10.3 Å². The van der Waals surface area contributed by atoms with Gasteiger partial charge in [-0.25, -0.2) is 9.18 Å². The summed E-state index contributed by atoms with van der Waals surface area (Å²) in [7, 11) is 0. The number of carbonyl (C=O) groups is 1. The van der Waals surface area contributed by atoms with Gasteiger partial charge in [-0.1, -0.05) is 55.0 Å². The molecule has 1 heterocycles. The number of phenolic OH excluding ortho intramolecular Hbond substituents is 1. The van der Waals surface area contributed by atoms with Gasteiger partial charge in [0.05, 0.1) is 23.1 Å². The summed E-state index contributed by atoms with van der Waals surface area (Å²) >= 11 is 0. The van der Waals surface area contributed by atoms with E-state index in [0.29, 0.717) is 11.6 Å². The zero-order chi connectivity index (χ0) is 26.9. The van der Waals surface area contributed by atoms with Crippen LogP contribution in [0.4, 0.5) is 20.6 Å². The van der Waals surface area contributed by atoms with Gasteiger partial charge in [0.25, 0.3) is 0 Å². The van der Waals surface area contributed by atoms with Crippen LogP contribution in [-0.4, -0.2) is 11.1 Å². The number of nitrogens with one attached hydrogen (secondary N) is 3. The smallest absolute Gasteiger partial charge is 0.319 e. The number of hydrazine groups is 1. The zero-order valence-corrected chi connectivity index (χ0v) is 21.7. The number of hydrogen-bond donors (Lipinski definition) is 4. The summed E-state index contributed by atoms with van der Waals surface area (Å²) in [4.78, 5) is 13.0. The summed E-state index contributed by atoms with van der Waals surface area (Å²) in [6.45, 7) is 2.25. The molecule has 2 amide bonds. The van der Waals surface area contributed by atoms with Crippen molar-refractivity contribution in [2.45, 2.75) is 32.2 Å². The second-order valence-corrected chi connectivity index (χ2v) is 10.3. The van der Waals surface area contributed by atoms with Crippen LogP contribution in [0.2, 0.25) is 0 Å². The molecule has 7 heteroatoms. The summed E-state index contributed by atoms with van der Waals surface area (Å²) in [5, 5.41) is 18.1. The van der Waals surface area contributed by atoms with Crippen LogP contribution in [0.1, 0.15) is 37.8 Å². The van der Waals surface area contributed by atoms with E-state index in [9.17, 15) is 14.3 Å². The molecule has 39 heavy (non-hydrogen) atoms. The third-order valence-electron chi connectivity index (χ3n) is 7.97. The van der Waals surface area contributed by atoms with Crippen LogP contribution in [0.3, 0.4) is 0 Å². The van der Waals surface area contributed by atoms with Gasteiger partial charge in [-0.3, -0.25) is 5.01 Å². The number of carbonyl (C=O) groups excluding carboxylic acids is 1. The predicted octanol–water partition coefficient (Wildman–Crippen LogP) is 6.93. The molecule has 3 atom stereocenters. The average molecular weight is 523 g/mol. The number of rotatable bonds is 6. The largest absolute Gasteiger partial charge is 0.506 e. The van der Waals surface area contributed by atoms with Crippen LogP contribution in [-0.2, 0) is 0 Å². The quantitative estimate of drug-likeness (QED) is 0.265. The van der Waals surface area contributed by atoms with E-state index < -0.39 is 0 Å². The van der Waals surface area contributed by atoms with Gasteiger partial charge in [0.2, 0.25) is 0 Å². The molecule has 0 radical (unpaired) electrons. The Balaban J connectivity index is 1.24. The van der Waals surface area contributed by atoms with Crippen molar-refractivity contribution in [1.29, 1.82) is 0 Å². The topological polar surface area (TPSA) is 76.6 Å². The normalized spacial score (nSPS) is 20.4. The SMILES string of the molecule is C[C@H]1C2=CNN(c3ccc(F)cc3)C2=CC2=C1[C@@H](CC(NC(=O)Nc1ccccc1O)c1ccccc1)CC2. The molecule has 0 saturated heterocycles. The highest BCUT2D eigenvalue weighted by atomic mass is 19.1. The first-order valence-electron chi connectivity index (χ1n) is 13.4. The number of halogens is 1. The van der Waals surface area contributed by atoms with Gasteiger partial charge in [-0.15, -0.1) is 0 Å². The highest BCUT2D eigenvalue weighted by Crippen LogP contribution is 2.49. The Bertz CT molecular complexity index is 1480. The molecular formula is C32H31FN4O2. The van der Waals surface area contributed by atoms with Gasteiger partial charge < -0.3 is 21.2 Å². The minimum atomic E-state index is -0.353. The molecule has 1 aliphatic heterocycles. The maximum Gasteiger partial charge on any atom is 0.319 e. The number of aromatic hydroxyl groups is 1. The number of anilines is 2. The Morgan fingerprint density at radius 1 is 1.08 bits per heavy atom. The van der Waals surface area contributed by atoms with Crippen LogP contribution < -0.4 is 21.1 Å². The Labute approximate surface area is 227 Å². The molecule has 1 unspecified atom stereocenters. The second kappa shape index (κ2) is 10.3. The van der Waals surface area contributed by atoms with Crippen LogP contribution in [0.5, 0.6) is 5.75 Å². The summed E-state index contributed by atoms with van der Waals surface area (Å²) in [5.74, 6) is 0.305. The van der Waals surface area contributed by atoms with Gasteiger partial charge in [0, 0.05) is 17.7 Å². The summed E-state index contributed by atoms with van der Waals surface area (Å²) < 4.78 is 13.5. The number of benzene rings is 3. The summed E-state index contributed by atoms with van der Waals surface area (Å²) in [6, 6.07) is 22.7. The monoisotopic (exact) mass is 522 g/mol. The standard InChI is InChI=1S/C32H31FN4O2/c1-20-26-19-34-37(25-15-13-24(33)14-16-25)29(26)18-23-12-11-22(31(20)23)17-28(21-7-3-2-4-8-21)36-32(39)35-27-9-5-6-10-30(27)38/h2-10,13-16,18-20,22,28,34,38H,11-12,17H2,1H3,(H2,35,36,39)/t20-,22+,28?/m0/s1. The Morgan fingerprint density at radius 2 is 1.82 bits per heavy atom. The molecule has 4 N–H and O–H groups in total. The fourth-order valence-electron chi connectivity index (χ4n) is 6.11. The van der Waals surface area contributed by atoms with Crippen LogP contribution in [0, 0.1) is 17.7 Å². The first-order chi connectivity index (χ1) is 19.0. The highest BCUT2D eigenvalue weighted by molar-refractivity contribution is 5.91. The lowest BCUT2D eigenvalue weighted by atomic mass is 9.78. The number of para-hydroxylation sites is 2. The van der Waals surface area contributed by atoms with Crippen LogP contribution in [0.15, 0.2) is 114 Å². The Morgan fingerprint density at radius 3 is 2.59 bits per heavy atom. The van der Waals surface area contributed by atoms with Gasteiger partial charge in [-0.05, 0) is 78.8 Å². The number of fused-ring (bicyclic) bond motifs is 1. The van der Waals surface area contributed by atoms with E-state index in [1.165, 1.54) is 28.9 Å². The number of amides is 2. The van der Waals surface area contributed by atoms with Crippen molar-refractivity contribution in [3.8, 4) is 5.75 Å². The van der Waals surface area contributed by atoms with Crippen LogP contribution in [0.25, 0.3) is 0 Å². The fraction of sp³-hybridized carbons (Fsp3) is 0.219. The van der Waals surface area contributed by atoms with E-state index in [-0.39, 0.29) is 29.6 Å². The minimum absolute atomic E-state index is 0.0289. The molecule has 3 aromatic carbocycles. The molecule has 0 spiro atoms. The molecule has 3 aromatic rings. The maximum atomic E-state index is 13.5. The van der Waals surface area contributed by atoms with Crippen molar-refractivity contribution in [3.05, 3.63) is 125 Å². The maximum absolute atomic E-state index is 13.5. The van der Waals surface area contributed by atoms with E-state index in [4.69, 9.17) is 0 Å². The molecule has 3 aliphatic rings. The van der Waals surface area contributed by atoms with Crippen LogP contribution >= 0.6 is 0 Å². The highest BCUT2D eigenvalue weighted by Gasteiger charge is 2.39. The molecule has 0 bridgehead atoms. The fourth-order valence-corrected chi connectivity index (χ4v) is 6.11. The lowest BCUT2D eigenvalue weighted by molar-refractivity contribution is 0.246. The third-order valence-corrected chi connectivity index (χ3v) is 7.97. The molecule has 0 aromatic heterocycles. The molecule has 0 fully saturated rings. The lowest BCUT2D eigenvalue weighted by Gasteiger charge is -2.31. The van der Waals surface area contributed by atoms with Gasteiger partial charge >= 0.3 is 6.03 Å². The van der Waals surface area contributed by atoms with Crippen molar-refractivity contribution in [3.63, 3.8) is 0 Å². The first-order valence-corrected chi connectivity index (χ1v) is 13.4. The van der Waals surface area contributed by atoms with Crippen molar-refractivity contribution in [1.82, 2.24) is 10.7 Å². The molecular weight excluding hydrogens is 491 g/mol. The van der Waals surface area contributed by atoms with Crippen molar-refractivity contribution in [2.24, 2.45) is 11.8 Å². The minimum Gasteiger partial charge on any atom is -0.506 e. The van der Waals surface area contributed by atoms with E-state index in [1.54, 1.807) is 36.4 Å². The average Bonchev–Trinajstić information content (AvgIpc) is 3.55. The third kappa shape index (κ3) is 4.88.